The van der Waals surface area contributed by atoms with Gasteiger partial charge in [0.1, 0.15) is 0 Å². The highest BCUT2D eigenvalue weighted by molar-refractivity contribution is 5.77. The number of carbonyl (C=O) groups excluding carboxylic acids is 2. The zero-order valence-electron chi connectivity index (χ0n) is 16.5. The van der Waals surface area contributed by atoms with Crippen molar-refractivity contribution in [2.75, 3.05) is 52.7 Å². The van der Waals surface area contributed by atoms with E-state index in [0.717, 1.165) is 6.42 Å². The summed E-state index contributed by atoms with van der Waals surface area (Å²) < 4.78 is 16.1. The van der Waals surface area contributed by atoms with Crippen LogP contribution in [0, 0.1) is 5.92 Å². The van der Waals surface area contributed by atoms with Crippen molar-refractivity contribution in [2.45, 2.75) is 39.5 Å². The molecule has 0 rings (SSSR count). The third-order valence-corrected chi connectivity index (χ3v) is 3.60. The molecule has 0 fully saturated rings. The maximum Gasteiger partial charge on any atom is 0.306 e. The van der Waals surface area contributed by atoms with Crippen LogP contribution in [0.1, 0.15) is 39.5 Å². The molecule has 0 saturated heterocycles. The largest absolute Gasteiger partial charge is 0.481 e. The van der Waals surface area contributed by atoms with E-state index >= 15 is 0 Å². The fourth-order valence-corrected chi connectivity index (χ4v) is 1.94. The molecular weight excluding hydrogens is 356 g/mol. The average molecular weight is 390 g/mol. The quantitative estimate of drug-likeness (QED) is 0.292. The minimum atomic E-state index is -0.882. The third kappa shape index (κ3) is 18.9. The van der Waals surface area contributed by atoms with Gasteiger partial charge in [-0.1, -0.05) is 6.92 Å². The molecule has 0 aliphatic rings. The van der Waals surface area contributed by atoms with Crippen LogP contribution in [-0.2, 0) is 28.6 Å². The second-order valence-corrected chi connectivity index (χ2v) is 6.16. The summed E-state index contributed by atoms with van der Waals surface area (Å²) in [5.74, 6) is -1.56. The van der Waals surface area contributed by atoms with Crippen LogP contribution in [-0.4, -0.2) is 75.6 Å². The maximum absolute atomic E-state index is 11.5. The topological polar surface area (TPSA) is 123 Å². The summed E-state index contributed by atoms with van der Waals surface area (Å²) in [7, 11) is 0. The van der Waals surface area contributed by atoms with Gasteiger partial charge in [-0.05, 0) is 19.3 Å². The van der Waals surface area contributed by atoms with Crippen molar-refractivity contribution in [1.29, 1.82) is 0 Å². The molecule has 0 heterocycles. The number of carboxylic acid groups (broad SMARTS) is 1. The predicted octanol–water partition coefficient (Wildman–Crippen LogP) is 0.570. The number of aliphatic carboxylic acids is 1. The van der Waals surface area contributed by atoms with Gasteiger partial charge in [0.25, 0.3) is 0 Å². The fourth-order valence-electron chi connectivity index (χ4n) is 1.94. The summed E-state index contributed by atoms with van der Waals surface area (Å²) in [5, 5.41) is 14.2. The molecule has 0 saturated carbocycles. The third-order valence-electron chi connectivity index (χ3n) is 3.60. The van der Waals surface area contributed by atoms with Gasteiger partial charge in [-0.15, -0.1) is 0 Å². The van der Waals surface area contributed by atoms with Gasteiger partial charge < -0.3 is 30.0 Å². The van der Waals surface area contributed by atoms with Crippen LogP contribution in [0.2, 0.25) is 0 Å². The summed E-state index contributed by atoms with van der Waals surface area (Å²) in [6.45, 7) is 7.27. The first-order chi connectivity index (χ1) is 12.9. The van der Waals surface area contributed by atoms with Gasteiger partial charge in [-0.2, -0.15) is 0 Å². The van der Waals surface area contributed by atoms with Crippen LogP contribution in [0.3, 0.4) is 0 Å². The molecule has 158 valence electrons. The van der Waals surface area contributed by atoms with Crippen LogP contribution in [0.4, 0.5) is 0 Å². The SMILES string of the molecule is CC(=O)NCCCOCCOCCOCCCNC(=O)CC[C@H](C)C(=O)O. The zero-order chi connectivity index (χ0) is 20.3. The van der Waals surface area contributed by atoms with Crippen molar-refractivity contribution >= 4 is 17.8 Å². The molecule has 9 heteroatoms. The molecule has 0 radical (unpaired) electrons. The lowest BCUT2D eigenvalue weighted by Crippen LogP contribution is -2.26. The first-order valence-corrected chi connectivity index (χ1v) is 9.40. The Bertz CT molecular complexity index is 419. The van der Waals surface area contributed by atoms with Gasteiger partial charge in [0, 0.05) is 39.6 Å². The van der Waals surface area contributed by atoms with Crippen LogP contribution in [0.25, 0.3) is 0 Å². The lowest BCUT2D eigenvalue weighted by atomic mass is 10.1. The Balaban J connectivity index is 3.21. The predicted molar refractivity (Wildman–Crippen MR) is 99.4 cm³/mol. The van der Waals surface area contributed by atoms with E-state index in [1.165, 1.54) is 6.92 Å². The number of carbonyl (C=O) groups is 3. The number of rotatable bonds is 18. The molecule has 0 unspecified atom stereocenters. The first-order valence-electron chi connectivity index (χ1n) is 9.40. The summed E-state index contributed by atoms with van der Waals surface area (Å²) in [6, 6.07) is 0. The number of hydrogen-bond acceptors (Lipinski definition) is 6. The number of ether oxygens (including phenoxy) is 3. The van der Waals surface area contributed by atoms with Gasteiger partial charge in [0.05, 0.1) is 32.3 Å². The van der Waals surface area contributed by atoms with Crippen LogP contribution in [0.5, 0.6) is 0 Å². The summed E-state index contributed by atoms with van der Waals surface area (Å²) in [4.78, 5) is 32.8. The number of nitrogens with one attached hydrogen (secondary N) is 2. The highest BCUT2D eigenvalue weighted by Gasteiger charge is 2.12. The van der Waals surface area contributed by atoms with E-state index in [0.29, 0.717) is 65.6 Å². The molecule has 0 aromatic carbocycles. The van der Waals surface area contributed by atoms with Gasteiger partial charge >= 0.3 is 5.97 Å². The van der Waals surface area contributed by atoms with E-state index in [-0.39, 0.29) is 18.2 Å². The second-order valence-electron chi connectivity index (χ2n) is 6.16. The molecule has 0 spiro atoms. The van der Waals surface area contributed by atoms with Crippen molar-refractivity contribution in [3.05, 3.63) is 0 Å². The van der Waals surface area contributed by atoms with E-state index < -0.39 is 11.9 Å². The van der Waals surface area contributed by atoms with Crippen LogP contribution < -0.4 is 10.6 Å². The van der Waals surface area contributed by atoms with Gasteiger partial charge in [0.15, 0.2) is 0 Å². The molecule has 3 N–H and O–H groups in total. The Kier molecular flexibility index (Phi) is 16.6. The number of amides is 2. The van der Waals surface area contributed by atoms with E-state index in [1.807, 2.05) is 0 Å². The minimum Gasteiger partial charge on any atom is -0.481 e. The fraction of sp³-hybridized carbons (Fsp3) is 0.833. The van der Waals surface area contributed by atoms with Crippen molar-refractivity contribution in [3.63, 3.8) is 0 Å². The Morgan fingerprint density at radius 2 is 1.33 bits per heavy atom. The van der Waals surface area contributed by atoms with Gasteiger partial charge in [-0.25, -0.2) is 0 Å². The minimum absolute atomic E-state index is 0.0360. The molecule has 0 bridgehead atoms. The average Bonchev–Trinajstić information content (AvgIpc) is 2.62. The molecular formula is C18H34N2O7. The number of hydrogen-bond donors (Lipinski definition) is 3. The second kappa shape index (κ2) is 17.7. The van der Waals surface area contributed by atoms with Crippen LogP contribution >= 0.6 is 0 Å². The molecule has 0 aliphatic carbocycles. The van der Waals surface area contributed by atoms with Crippen molar-refractivity contribution in [1.82, 2.24) is 10.6 Å². The normalized spacial score (nSPS) is 11.8. The molecule has 1 atom stereocenters. The lowest BCUT2D eigenvalue weighted by Gasteiger charge is -2.08. The van der Waals surface area contributed by atoms with Crippen molar-refractivity contribution < 1.29 is 33.7 Å². The first kappa shape index (κ1) is 25.3. The summed E-state index contributed by atoms with van der Waals surface area (Å²) in [6.07, 6.45) is 2.03. The molecule has 9 nitrogen and oxygen atoms in total. The highest BCUT2D eigenvalue weighted by Crippen LogP contribution is 2.04. The molecule has 0 aliphatic heterocycles. The molecule has 0 aromatic heterocycles. The van der Waals surface area contributed by atoms with E-state index in [4.69, 9.17) is 19.3 Å². The van der Waals surface area contributed by atoms with Gasteiger partial charge in [-0.3, -0.25) is 14.4 Å². The smallest absolute Gasteiger partial charge is 0.306 e. The van der Waals surface area contributed by atoms with E-state index in [9.17, 15) is 14.4 Å². The lowest BCUT2D eigenvalue weighted by molar-refractivity contribution is -0.141. The Hall–Kier alpha value is -1.71. The standard InChI is InChI=1S/C18H34N2O7/c1-15(18(23)24)5-6-17(22)20-8-4-10-26-12-14-27-13-11-25-9-3-7-19-16(2)21/h15H,3-14H2,1-2H3,(H,19,21)(H,20,22)(H,23,24)/t15-/m0/s1. The van der Waals surface area contributed by atoms with Gasteiger partial charge in [0.2, 0.25) is 11.8 Å². The molecule has 2 amide bonds. The van der Waals surface area contributed by atoms with Crippen LogP contribution in [0.15, 0.2) is 0 Å². The molecule has 27 heavy (non-hydrogen) atoms. The zero-order valence-corrected chi connectivity index (χ0v) is 16.5. The van der Waals surface area contributed by atoms with Crippen molar-refractivity contribution in [2.24, 2.45) is 5.92 Å². The Labute approximate surface area is 161 Å². The summed E-state index contributed by atoms with van der Waals surface area (Å²) in [5.41, 5.74) is 0. The monoisotopic (exact) mass is 390 g/mol. The molecule has 0 aromatic rings. The highest BCUT2D eigenvalue weighted by atomic mass is 16.5. The van der Waals surface area contributed by atoms with Crippen molar-refractivity contribution in [3.8, 4) is 0 Å². The van der Waals surface area contributed by atoms with E-state index in [2.05, 4.69) is 10.6 Å². The Morgan fingerprint density at radius 1 is 0.852 bits per heavy atom. The Morgan fingerprint density at radius 3 is 1.81 bits per heavy atom. The maximum atomic E-state index is 11.5. The summed E-state index contributed by atoms with van der Waals surface area (Å²) >= 11 is 0. The van der Waals surface area contributed by atoms with E-state index in [1.54, 1.807) is 6.92 Å². The number of carboxylic acids is 1.